The summed E-state index contributed by atoms with van der Waals surface area (Å²) >= 11 is 0. The number of amides is 1. The van der Waals surface area contributed by atoms with Gasteiger partial charge in [-0.05, 0) is 86.1 Å². The lowest BCUT2D eigenvalue weighted by molar-refractivity contribution is -0.138. The molecule has 7 heteroatoms. The average Bonchev–Trinajstić information content (AvgIpc) is 3.26. The number of aromatic nitrogens is 3. The lowest BCUT2D eigenvalue weighted by Gasteiger charge is -2.37. The molecular weight excluding hydrogens is 472 g/mol. The number of aryl methyl sites for hydroxylation is 1. The van der Waals surface area contributed by atoms with Crippen molar-refractivity contribution in [3.05, 3.63) is 78.1 Å². The Kier molecular flexibility index (Phi) is 6.85. The predicted molar refractivity (Wildman–Crippen MR) is 151 cm³/mol. The van der Waals surface area contributed by atoms with E-state index in [0.717, 1.165) is 64.1 Å². The number of nitrogens with zero attached hydrogens (tertiary/aromatic N) is 5. The molecule has 0 radical (unpaired) electrons. The van der Waals surface area contributed by atoms with Crippen molar-refractivity contribution in [1.29, 1.82) is 0 Å². The van der Waals surface area contributed by atoms with Crippen LogP contribution in [-0.2, 0) is 18.4 Å². The van der Waals surface area contributed by atoms with Gasteiger partial charge >= 0.3 is 0 Å². The number of fused-ring (bicyclic) bond motifs is 1. The van der Waals surface area contributed by atoms with Crippen molar-refractivity contribution >= 4 is 22.6 Å². The molecule has 2 aliphatic rings. The molecule has 38 heavy (non-hydrogen) atoms. The van der Waals surface area contributed by atoms with Crippen molar-refractivity contribution in [2.75, 3.05) is 31.9 Å². The number of carbonyl (C=O) groups excluding carboxylic acids is 1. The van der Waals surface area contributed by atoms with E-state index in [4.69, 9.17) is 10.7 Å². The molecule has 1 aromatic carbocycles. The molecule has 6 rings (SSSR count). The Hall–Kier alpha value is -3.71. The smallest absolute Gasteiger partial charge is 0.225 e. The van der Waals surface area contributed by atoms with E-state index in [2.05, 4.69) is 62.8 Å². The van der Waals surface area contributed by atoms with Gasteiger partial charge in [-0.15, -0.1) is 0 Å². The first kappa shape index (κ1) is 24.6. The SMILES string of the molecule is Cn1c(-c2ccccn2)c(C2CCN(C(=O)C3CCN(Cc4ccnc(N)c4)CC3)CC2)c2ccccc21. The first-order valence-electron chi connectivity index (χ1n) is 13.8. The minimum Gasteiger partial charge on any atom is -0.384 e. The van der Waals surface area contributed by atoms with Gasteiger partial charge in [0.2, 0.25) is 5.91 Å². The monoisotopic (exact) mass is 508 g/mol. The average molecular weight is 509 g/mol. The first-order valence-corrected chi connectivity index (χ1v) is 13.8. The zero-order valence-electron chi connectivity index (χ0n) is 22.1. The standard InChI is InChI=1S/C31H36N6O/c1-35-27-8-3-2-6-25(27)29(30(35)26-7-4-5-14-33-26)23-12-18-37(19-13-23)31(38)24-10-16-36(17-11-24)21-22-9-15-34-28(32)20-22/h2-9,14-15,20,23-24H,10-13,16-19,21H2,1H3,(H2,32,34). The van der Waals surface area contributed by atoms with Crippen molar-refractivity contribution in [3.63, 3.8) is 0 Å². The topological polar surface area (TPSA) is 80.3 Å². The van der Waals surface area contributed by atoms with Gasteiger partial charge in [0.1, 0.15) is 5.82 Å². The Bertz CT molecular complexity index is 1420. The van der Waals surface area contributed by atoms with E-state index in [0.29, 0.717) is 17.6 Å². The molecule has 2 N–H and O–H groups in total. The fourth-order valence-electron chi connectivity index (χ4n) is 6.48. The lowest BCUT2D eigenvalue weighted by Crippen LogP contribution is -2.45. The summed E-state index contributed by atoms with van der Waals surface area (Å²) in [5, 5.41) is 1.31. The summed E-state index contributed by atoms with van der Waals surface area (Å²) in [5.74, 6) is 1.45. The normalized spacial score (nSPS) is 17.8. The highest BCUT2D eigenvalue weighted by Gasteiger charge is 2.33. The van der Waals surface area contributed by atoms with Gasteiger partial charge in [-0.25, -0.2) is 4.98 Å². The summed E-state index contributed by atoms with van der Waals surface area (Å²) in [6.45, 7) is 4.40. The van der Waals surface area contributed by atoms with Crippen molar-refractivity contribution in [3.8, 4) is 11.4 Å². The second kappa shape index (κ2) is 10.6. The van der Waals surface area contributed by atoms with Crippen LogP contribution >= 0.6 is 0 Å². The van der Waals surface area contributed by atoms with Crippen molar-refractivity contribution in [1.82, 2.24) is 24.3 Å². The molecule has 0 spiro atoms. The third-order valence-electron chi connectivity index (χ3n) is 8.46. The molecule has 5 heterocycles. The summed E-state index contributed by atoms with van der Waals surface area (Å²) in [6.07, 6.45) is 7.46. The van der Waals surface area contributed by atoms with Crippen LogP contribution in [-0.4, -0.2) is 56.4 Å². The molecule has 3 aromatic heterocycles. The molecule has 0 saturated carbocycles. The second-order valence-corrected chi connectivity index (χ2v) is 10.8. The quantitative estimate of drug-likeness (QED) is 0.417. The zero-order chi connectivity index (χ0) is 26.1. The van der Waals surface area contributed by atoms with Gasteiger partial charge in [0.25, 0.3) is 0 Å². The maximum absolute atomic E-state index is 13.5. The van der Waals surface area contributed by atoms with E-state index in [9.17, 15) is 4.79 Å². The fraction of sp³-hybridized carbons (Fsp3) is 0.387. The molecule has 0 aliphatic carbocycles. The molecule has 2 fully saturated rings. The number of anilines is 1. The summed E-state index contributed by atoms with van der Waals surface area (Å²) in [6, 6.07) is 18.8. The molecule has 196 valence electrons. The summed E-state index contributed by atoms with van der Waals surface area (Å²) in [4.78, 5) is 26.8. The number of nitrogen functional groups attached to an aromatic ring is 1. The van der Waals surface area contributed by atoms with Gasteiger partial charge in [-0.2, -0.15) is 0 Å². The van der Waals surface area contributed by atoms with E-state index in [1.807, 2.05) is 24.4 Å². The van der Waals surface area contributed by atoms with Gasteiger partial charge in [-0.3, -0.25) is 14.7 Å². The molecule has 4 aromatic rings. The van der Waals surface area contributed by atoms with E-state index in [-0.39, 0.29) is 5.92 Å². The van der Waals surface area contributed by atoms with Gasteiger partial charge in [-0.1, -0.05) is 24.3 Å². The third-order valence-corrected chi connectivity index (χ3v) is 8.46. The number of pyridine rings is 2. The Morgan fingerprint density at radius 1 is 0.921 bits per heavy atom. The Morgan fingerprint density at radius 3 is 2.42 bits per heavy atom. The van der Waals surface area contributed by atoms with E-state index < -0.39 is 0 Å². The Balaban J connectivity index is 1.12. The second-order valence-electron chi connectivity index (χ2n) is 10.8. The van der Waals surface area contributed by atoms with Crippen LogP contribution in [0.5, 0.6) is 0 Å². The molecule has 7 nitrogen and oxygen atoms in total. The van der Waals surface area contributed by atoms with E-state index in [1.54, 1.807) is 6.20 Å². The molecule has 0 unspecified atom stereocenters. The Morgan fingerprint density at radius 2 is 1.68 bits per heavy atom. The van der Waals surface area contributed by atoms with E-state index >= 15 is 0 Å². The van der Waals surface area contributed by atoms with Crippen molar-refractivity contribution in [2.45, 2.75) is 38.1 Å². The minimum absolute atomic E-state index is 0.131. The summed E-state index contributed by atoms with van der Waals surface area (Å²) < 4.78 is 2.29. The van der Waals surface area contributed by atoms with Crippen LogP contribution in [0.15, 0.2) is 67.0 Å². The maximum Gasteiger partial charge on any atom is 0.225 e. The van der Waals surface area contributed by atoms with Crippen LogP contribution in [0, 0.1) is 5.92 Å². The molecule has 2 saturated heterocycles. The van der Waals surface area contributed by atoms with Crippen molar-refractivity contribution < 1.29 is 4.79 Å². The van der Waals surface area contributed by atoms with Crippen LogP contribution < -0.4 is 5.73 Å². The number of rotatable bonds is 5. The molecule has 0 atom stereocenters. The fourth-order valence-corrected chi connectivity index (χ4v) is 6.48. The van der Waals surface area contributed by atoms with Crippen LogP contribution in [0.1, 0.15) is 42.7 Å². The van der Waals surface area contributed by atoms with Gasteiger partial charge in [0.15, 0.2) is 0 Å². The summed E-state index contributed by atoms with van der Waals surface area (Å²) in [5.41, 5.74) is 11.9. The van der Waals surface area contributed by atoms with Crippen LogP contribution in [0.4, 0.5) is 5.82 Å². The summed E-state index contributed by atoms with van der Waals surface area (Å²) in [7, 11) is 2.14. The number of piperidine rings is 2. The molecule has 0 bridgehead atoms. The Labute approximate surface area is 224 Å². The first-order chi connectivity index (χ1) is 18.6. The highest BCUT2D eigenvalue weighted by Crippen LogP contribution is 2.41. The van der Waals surface area contributed by atoms with Crippen LogP contribution in [0.2, 0.25) is 0 Å². The van der Waals surface area contributed by atoms with E-state index in [1.165, 1.54) is 27.7 Å². The molecule has 1 amide bonds. The molecular formula is C31H36N6O. The highest BCUT2D eigenvalue weighted by molar-refractivity contribution is 5.92. The number of carbonyl (C=O) groups is 1. The van der Waals surface area contributed by atoms with Gasteiger partial charge < -0.3 is 15.2 Å². The largest absolute Gasteiger partial charge is 0.384 e. The van der Waals surface area contributed by atoms with Crippen LogP contribution in [0.25, 0.3) is 22.3 Å². The van der Waals surface area contributed by atoms with Crippen molar-refractivity contribution in [2.24, 2.45) is 13.0 Å². The van der Waals surface area contributed by atoms with Gasteiger partial charge in [0, 0.05) is 55.9 Å². The number of nitrogens with two attached hydrogens (primary N) is 1. The lowest BCUT2D eigenvalue weighted by atomic mass is 9.85. The minimum atomic E-state index is 0.131. The number of benzene rings is 1. The predicted octanol–water partition coefficient (Wildman–Crippen LogP) is 4.84. The van der Waals surface area contributed by atoms with Gasteiger partial charge in [0.05, 0.1) is 11.4 Å². The third kappa shape index (κ3) is 4.78. The highest BCUT2D eigenvalue weighted by atomic mass is 16.2. The maximum atomic E-state index is 13.5. The number of likely N-dealkylation sites (tertiary alicyclic amines) is 2. The number of para-hydroxylation sites is 1. The number of hydrogen-bond acceptors (Lipinski definition) is 5. The van der Waals surface area contributed by atoms with Crippen LogP contribution in [0.3, 0.4) is 0 Å². The molecule has 2 aliphatic heterocycles. The number of hydrogen-bond donors (Lipinski definition) is 1. The zero-order valence-corrected chi connectivity index (χ0v) is 22.1.